The van der Waals surface area contributed by atoms with Crippen LogP contribution in [0, 0.1) is 0 Å². The van der Waals surface area contributed by atoms with Crippen molar-refractivity contribution in [2.24, 2.45) is 0 Å². The van der Waals surface area contributed by atoms with Crippen LogP contribution in [0.4, 0.5) is 5.82 Å². The van der Waals surface area contributed by atoms with Crippen LogP contribution >= 0.6 is 11.3 Å². The third kappa shape index (κ3) is 2.77. The molecule has 0 unspecified atom stereocenters. The van der Waals surface area contributed by atoms with E-state index >= 15 is 0 Å². The first-order valence-corrected chi connectivity index (χ1v) is 10.2. The molecular formula is C20H22N4OS. The van der Waals surface area contributed by atoms with Gasteiger partial charge in [-0.1, -0.05) is 12.8 Å². The number of anilines is 1. The number of pyridine rings is 1. The average Bonchev–Trinajstić information content (AvgIpc) is 3.36. The van der Waals surface area contributed by atoms with Crippen LogP contribution in [-0.4, -0.2) is 32.2 Å². The van der Waals surface area contributed by atoms with Gasteiger partial charge in [0.05, 0.1) is 11.0 Å². The molecule has 3 aromatic heterocycles. The summed E-state index contributed by atoms with van der Waals surface area (Å²) >= 11 is 1.79. The second-order valence-corrected chi connectivity index (χ2v) is 8.54. The molecule has 2 aliphatic carbocycles. The summed E-state index contributed by atoms with van der Waals surface area (Å²) in [5.74, 6) is 1.57. The van der Waals surface area contributed by atoms with E-state index in [0.717, 1.165) is 60.1 Å². The highest BCUT2D eigenvalue weighted by Gasteiger charge is 2.31. The molecule has 0 aromatic carbocycles. The fourth-order valence-electron chi connectivity index (χ4n) is 4.21. The van der Waals surface area contributed by atoms with Gasteiger partial charge < -0.3 is 10.4 Å². The van der Waals surface area contributed by atoms with E-state index in [2.05, 4.69) is 10.3 Å². The van der Waals surface area contributed by atoms with E-state index in [1.165, 1.54) is 16.9 Å². The average molecular weight is 366 g/mol. The molecule has 0 spiro atoms. The first-order valence-electron chi connectivity index (χ1n) is 9.41. The first-order chi connectivity index (χ1) is 12.7. The highest BCUT2D eigenvalue weighted by molar-refractivity contribution is 7.19. The van der Waals surface area contributed by atoms with Crippen molar-refractivity contribution >= 4 is 27.4 Å². The monoisotopic (exact) mass is 366 g/mol. The van der Waals surface area contributed by atoms with Crippen molar-refractivity contribution in [3.63, 3.8) is 0 Å². The Morgan fingerprint density at radius 1 is 1.15 bits per heavy atom. The van der Waals surface area contributed by atoms with Gasteiger partial charge in [0.25, 0.3) is 0 Å². The number of nitrogens with zero attached hydrogens (tertiary/aromatic N) is 3. The molecule has 6 heteroatoms. The van der Waals surface area contributed by atoms with Gasteiger partial charge in [0, 0.05) is 29.4 Å². The van der Waals surface area contributed by atoms with Gasteiger partial charge in [-0.3, -0.25) is 4.98 Å². The van der Waals surface area contributed by atoms with E-state index in [-0.39, 0.29) is 0 Å². The Labute approximate surface area is 156 Å². The molecule has 5 nitrogen and oxygen atoms in total. The maximum atomic E-state index is 10.7. The van der Waals surface area contributed by atoms with Crippen molar-refractivity contribution in [2.45, 2.75) is 50.5 Å². The Hall–Kier alpha value is -2.05. The third-order valence-electron chi connectivity index (χ3n) is 5.60. The molecule has 26 heavy (non-hydrogen) atoms. The number of hydrogen-bond acceptors (Lipinski definition) is 6. The summed E-state index contributed by atoms with van der Waals surface area (Å²) in [5, 5.41) is 15.4. The molecule has 5 rings (SSSR count). The normalized spacial score (nSPS) is 18.3. The smallest absolute Gasteiger partial charge is 0.164 e. The quantitative estimate of drug-likeness (QED) is 0.731. The third-order valence-corrected chi connectivity index (χ3v) is 6.79. The summed E-state index contributed by atoms with van der Waals surface area (Å²) in [7, 11) is 0. The Morgan fingerprint density at radius 2 is 2.04 bits per heavy atom. The number of rotatable bonds is 4. The lowest BCUT2D eigenvalue weighted by Crippen LogP contribution is -2.33. The zero-order chi connectivity index (χ0) is 17.6. The summed E-state index contributed by atoms with van der Waals surface area (Å²) in [6.45, 7) is 0.552. The van der Waals surface area contributed by atoms with Crippen molar-refractivity contribution in [1.29, 1.82) is 0 Å². The molecule has 1 fully saturated rings. The fourth-order valence-corrected chi connectivity index (χ4v) is 5.47. The fraction of sp³-hybridized carbons (Fsp3) is 0.450. The molecule has 0 amide bonds. The number of fused-ring (bicyclic) bond motifs is 3. The summed E-state index contributed by atoms with van der Waals surface area (Å²) < 4.78 is 0. The SMILES string of the molecule is OC1(CNc2nc(-c3cccnc3)nc3sc4c(c23)CCC4)CCCC1. The van der Waals surface area contributed by atoms with E-state index in [9.17, 15) is 5.11 Å². The second-order valence-electron chi connectivity index (χ2n) is 7.46. The summed E-state index contributed by atoms with van der Waals surface area (Å²) in [6, 6.07) is 3.90. The molecule has 0 aliphatic heterocycles. The van der Waals surface area contributed by atoms with Crippen molar-refractivity contribution in [3.8, 4) is 11.4 Å². The first kappa shape index (κ1) is 16.1. The van der Waals surface area contributed by atoms with Gasteiger partial charge in [-0.25, -0.2) is 9.97 Å². The Morgan fingerprint density at radius 3 is 2.85 bits per heavy atom. The van der Waals surface area contributed by atoms with Crippen molar-refractivity contribution < 1.29 is 5.11 Å². The minimum atomic E-state index is -0.606. The van der Waals surface area contributed by atoms with E-state index in [4.69, 9.17) is 9.97 Å². The number of aromatic nitrogens is 3. The van der Waals surface area contributed by atoms with Gasteiger partial charge in [0.1, 0.15) is 10.6 Å². The molecule has 1 saturated carbocycles. The Bertz CT molecular complexity index is 947. The Kier molecular flexibility index (Phi) is 3.90. The molecule has 2 aliphatic rings. The zero-order valence-corrected chi connectivity index (χ0v) is 15.5. The topological polar surface area (TPSA) is 70.9 Å². The molecule has 0 bridgehead atoms. The number of aliphatic hydroxyl groups is 1. The molecule has 0 radical (unpaired) electrons. The number of nitrogens with one attached hydrogen (secondary N) is 1. The zero-order valence-electron chi connectivity index (χ0n) is 14.7. The predicted octanol–water partition coefficient (Wildman–Crippen LogP) is 3.96. The lowest BCUT2D eigenvalue weighted by molar-refractivity contribution is 0.0614. The van der Waals surface area contributed by atoms with E-state index in [1.807, 2.05) is 12.1 Å². The van der Waals surface area contributed by atoms with E-state index in [1.54, 1.807) is 23.7 Å². The summed E-state index contributed by atoms with van der Waals surface area (Å²) in [4.78, 5) is 16.4. The van der Waals surface area contributed by atoms with Crippen LogP contribution < -0.4 is 5.32 Å². The van der Waals surface area contributed by atoms with Crippen molar-refractivity contribution in [2.75, 3.05) is 11.9 Å². The van der Waals surface area contributed by atoms with Crippen LogP contribution in [0.3, 0.4) is 0 Å². The van der Waals surface area contributed by atoms with Crippen LogP contribution in [-0.2, 0) is 12.8 Å². The van der Waals surface area contributed by atoms with Crippen LogP contribution in [0.1, 0.15) is 42.5 Å². The van der Waals surface area contributed by atoms with Crippen LogP contribution in [0.5, 0.6) is 0 Å². The molecule has 0 saturated heterocycles. The second kappa shape index (κ2) is 6.28. The minimum Gasteiger partial charge on any atom is -0.388 e. The van der Waals surface area contributed by atoms with Crippen molar-refractivity contribution in [1.82, 2.24) is 15.0 Å². The predicted molar refractivity (Wildman–Crippen MR) is 105 cm³/mol. The van der Waals surface area contributed by atoms with Crippen LogP contribution in [0.2, 0.25) is 0 Å². The highest BCUT2D eigenvalue weighted by atomic mass is 32.1. The molecular weight excluding hydrogens is 344 g/mol. The van der Waals surface area contributed by atoms with Gasteiger partial charge >= 0.3 is 0 Å². The maximum Gasteiger partial charge on any atom is 0.164 e. The molecule has 2 N–H and O–H groups in total. The number of thiophene rings is 1. The molecule has 3 aromatic rings. The summed E-state index contributed by atoms with van der Waals surface area (Å²) in [5.41, 5.74) is 1.72. The van der Waals surface area contributed by atoms with Gasteiger partial charge in [0.15, 0.2) is 5.82 Å². The van der Waals surface area contributed by atoms with E-state index < -0.39 is 5.60 Å². The van der Waals surface area contributed by atoms with Crippen molar-refractivity contribution in [3.05, 3.63) is 35.0 Å². The van der Waals surface area contributed by atoms with Gasteiger partial charge in [-0.15, -0.1) is 11.3 Å². The maximum absolute atomic E-state index is 10.7. The largest absolute Gasteiger partial charge is 0.388 e. The lowest BCUT2D eigenvalue weighted by atomic mass is 10.0. The van der Waals surface area contributed by atoms with Crippen LogP contribution in [0.25, 0.3) is 21.6 Å². The van der Waals surface area contributed by atoms with Gasteiger partial charge in [0.2, 0.25) is 0 Å². The van der Waals surface area contributed by atoms with E-state index in [0.29, 0.717) is 12.4 Å². The number of aryl methyl sites for hydroxylation is 2. The molecule has 3 heterocycles. The molecule has 134 valence electrons. The Balaban J connectivity index is 1.59. The lowest BCUT2D eigenvalue weighted by Gasteiger charge is -2.23. The molecule has 0 atom stereocenters. The van der Waals surface area contributed by atoms with Gasteiger partial charge in [-0.05, 0) is 49.8 Å². The standard InChI is InChI=1S/C20H22N4OS/c25-20(8-1-2-9-20)12-22-18-16-14-6-3-7-15(14)26-19(16)24-17(23-18)13-5-4-10-21-11-13/h4-5,10-11,25H,1-3,6-9,12H2,(H,22,23,24). The van der Waals surface area contributed by atoms with Crippen LogP contribution in [0.15, 0.2) is 24.5 Å². The van der Waals surface area contributed by atoms with Gasteiger partial charge in [-0.2, -0.15) is 0 Å². The number of hydrogen-bond donors (Lipinski definition) is 2. The minimum absolute atomic E-state index is 0.552. The highest BCUT2D eigenvalue weighted by Crippen LogP contribution is 2.41. The summed E-state index contributed by atoms with van der Waals surface area (Å²) in [6.07, 6.45) is 11.0.